The van der Waals surface area contributed by atoms with Crippen LogP contribution in [0.15, 0.2) is 30.3 Å². The maximum absolute atomic E-state index is 10.8. The van der Waals surface area contributed by atoms with Crippen LogP contribution in [0.1, 0.15) is 40.9 Å². The number of hydrogen-bond donors (Lipinski definition) is 5. The normalized spacial score (nSPS) is 33.3. The van der Waals surface area contributed by atoms with E-state index in [9.17, 15) is 25.5 Å². The third-order valence-electron chi connectivity index (χ3n) is 6.46. The van der Waals surface area contributed by atoms with Gasteiger partial charge in [0.1, 0.15) is 47.8 Å². The zero-order chi connectivity index (χ0) is 22.6. The van der Waals surface area contributed by atoms with Crippen LogP contribution in [-0.2, 0) is 16.1 Å². The van der Waals surface area contributed by atoms with Crippen LogP contribution in [0.5, 0.6) is 17.2 Å². The summed E-state index contributed by atoms with van der Waals surface area (Å²) in [5.74, 6) is 0.379. The zero-order valence-corrected chi connectivity index (χ0v) is 17.4. The fourth-order valence-corrected chi connectivity index (χ4v) is 4.73. The van der Waals surface area contributed by atoms with Gasteiger partial charge in [0.25, 0.3) is 0 Å². The molecule has 0 saturated carbocycles. The predicted molar refractivity (Wildman–Crippen MR) is 109 cm³/mol. The van der Waals surface area contributed by atoms with E-state index in [1.54, 1.807) is 6.92 Å². The van der Waals surface area contributed by atoms with E-state index in [1.807, 2.05) is 30.3 Å². The smallest absolute Gasteiger partial charge is 0.229 e. The van der Waals surface area contributed by atoms with Crippen molar-refractivity contribution in [3.8, 4) is 17.2 Å². The van der Waals surface area contributed by atoms with Gasteiger partial charge in [0, 0.05) is 12.0 Å². The van der Waals surface area contributed by atoms with Crippen LogP contribution in [0.3, 0.4) is 0 Å². The number of rotatable bonds is 3. The maximum Gasteiger partial charge on any atom is 0.229 e. The second-order valence-corrected chi connectivity index (χ2v) is 8.35. The number of benzene rings is 2. The molecule has 3 aliphatic rings. The number of ether oxygens (including phenoxy) is 4. The topological polar surface area (TPSA) is 138 Å². The average Bonchev–Trinajstić information content (AvgIpc) is 2.98. The van der Waals surface area contributed by atoms with Crippen molar-refractivity contribution in [2.75, 3.05) is 6.61 Å². The standard InChI is InChI=1S/C23H26O9/c1-10-17(26)12(8-24)21-16-14(7-13(29-20(10)16)11-5-3-2-4-6-11)30-22-19(28)18(27)15(9-25)31-23(22)32-21/h2-6,13-15,18-19,22-28H,7-9H2,1H3/t13-,14+,15+,18+,19-,22+,23-/m0/s1. The van der Waals surface area contributed by atoms with Crippen molar-refractivity contribution in [3.05, 3.63) is 52.6 Å². The molecule has 0 bridgehead atoms. The minimum absolute atomic E-state index is 0.155. The minimum Gasteiger partial charge on any atom is -0.507 e. The van der Waals surface area contributed by atoms with Crippen LogP contribution in [0.4, 0.5) is 0 Å². The summed E-state index contributed by atoms with van der Waals surface area (Å²) >= 11 is 0. The average molecular weight is 446 g/mol. The summed E-state index contributed by atoms with van der Waals surface area (Å²) in [7, 11) is 0. The van der Waals surface area contributed by atoms with Crippen LogP contribution in [0.2, 0.25) is 0 Å². The monoisotopic (exact) mass is 446 g/mol. The van der Waals surface area contributed by atoms with Crippen molar-refractivity contribution in [2.24, 2.45) is 0 Å². The molecule has 0 unspecified atom stereocenters. The summed E-state index contributed by atoms with van der Waals surface area (Å²) in [6.45, 7) is 0.650. The van der Waals surface area contributed by atoms with Gasteiger partial charge in [-0.05, 0) is 12.5 Å². The molecule has 1 saturated heterocycles. The molecule has 3 aliphatic heterocycles. The maximum atomic E-state index is 10.8. The largest absolute Gasteiger partial charge is 0.507 e. The van der Waals surface area contributed by atoms with E-state index in [-0.39, 0.29) is 17.1 Å². The lowest BCUT2D eigenvalue weighted by Crippen LogP contribution is -2.60. The first-order chi connectivity index (χ1) is 15.4. The molecule has 0 radical (unpaired) electrons. The van der Waals surface area contributed by atoms with E-state index in [0.717, 1.165) is 5.56 Å². The van der Waals surface area contributed by atoms with Gasteiger partial charge in [-0.25, -0.2) is 0 Å². The summed E-state index contributed by atoms with van der Waals surface area (Å²) in [6, 6.07) is 9.56. The Morgan fingerprint density at radius 1 is 0.938 bits per heavy atom. The molecule has 0 aliphatic carbocycles. The van der Waals surface area contributed by atoms with E-state index in [1.165, 1.54) is 0 Å². The molecule has 0 amide bonds. The van der Waals surface area contributed by atoms with Gasteiger partial charge in [0.05, 0.1) is 30.4 Å². The molecule has 5 rings (SSSR count). The lowest BCUT2D eigenvalue weighted by molar-refractivity contribution is -0.292. The van der Waals surface area contributed by atoms with Gasteiger partial charge in [-0.1, -0.05) is 30.3 Å². The van der Waals surface area contributed by atoms with Crippen LogP contribution < -0.4 is 9.47 Å². The Morgan fingerprint density at radius 2 is 1.69 bits per heavy atom. The highest BCUT2D eigenvalue weighted by molar-refractivity contribution is 5.63. The van der Waals surface area contributed by atoms with Gasteiger partial charge in [-0.15, -0.1) is 0 Å². The van der Waals surface area contributed by atoms with Crippen molar-refractivity contribution in [2.45, 2.75) is 62.9 Å². The number of aromatic hydroxyl groups is 1. The van der Waals surface area contributed by atoms with Gasteiger partial charge in [-0.3, -0.25) is 0 Å². The molecular weight excluding hydrogens is 420 g/mol. The predicted octanol–water partition coefficient (Wildman–Crippen LogP) is 0.974. The third-order valence-corrected chi connectivity index (χ3v) is 6.46. The van der Waals surface area contributed by atoms with Crippen LogP contribution in [-0.4, -0.2) is 62.8 Å². The van der Waals surface area contributed by atoms with Gasteiger partial charge in [-0.2, -0.15) is 0 Å². The summed E-state index contributed by atoms with van der Waals surface area (Å²) in [6.07, 6.45) is -6.73. The van der Waals surface area contributed by atoms with E-state index < -0.39 is 56.1 Å². The SMILES string of the molecule is Cc1c(O)c(CO)c2c3c1O[C@H](c1ccccc1)C[C@H]3O[C@H]1[C@H](O2)O[C@H](CO)[C@@H](O)[C@@H]1O. The highest BCUT2D eigenvalue weighted by Gasteiger charge is 2.51. The highest BCUT2D eigenvalue weighted by atomic mass is 16.7. The number of aliphatic hydroxyl groups excluding tert-OH is 4. The van der Waals surface area contributed by atoms with Gasteiger partial charge in [0.15, 0.2) is 0 Å². The number of aliphatic hydroxyl groups is 4. The minimum atomic E-state index is -1.38. The van der Waals surface area contributed by atoms with Gasteiger partial charge >= 0.3 is 0 Å². The second-order valence-electron chi connectivity index (χ2n) is 8.35. The van der Waals surface area contributed by atoms with Crippen molar-refractivity contribution in [1.29, 1.82) is 0 Å². The lowest BCUT2D eigenvalue weighted by Gasteiger charge is -2.41. The summed E-state index contributed by atoms with van der Waals surface area (Å²) in [4.78, 5) is 0. The summed E-state index contributed by atoms with van der Waals surface area (Å²) < 4.78 is 24.3. The van der Waals surface area contributed by atoms with E-state index >= 15 is 0 Å². The van der Waals surface area contributed by atoms with Gasteiger partial charge < -0.3 is 44.5 Å². The third kappa shape index (κ3) is 3.24. The Balaban J connectivity index is 1.64. The summed E-state index contributed by atoms with van der Waals surface area (Å²) in [5, 5.41) is 51.4. The molecule has 0 spiro atoms. The molecule has 172 valence electrons. The first-order valence-corrected chi connectivity index (χ1v) is 10.6. The number of phenols is 1. The molecular formula is C23H26O9. The second kappa shape index (κ2) is 8.18. The Bertz CT molecular complexity index is 995. The Labute approximate surface area is 184 Å². The zero-order valence-electron chi connectivity index (χ0n) is 17.4. The Hall–Kier alpha value is -2.40. The first kappa shape index (κ1) is 21.4. The Kier molecular flexibility index (Phi) is 5.48. The first-order valence-electron chi connectivity index (χ1n) is 10.6. The quantitative estimate of drug-likeness (QED) is 0.467. The Morgan fingerprint density at radius 3 is 2.38 bits per heavy atom. The summed E-state index contributed by atoms with van der Waals surface area (Å²) in [5.41, 5.74) is 2.01. The van der Waals surface area contributed by atoms with Crippen molar-refractivity contribution >= 4 is 0 Å². The van der Waals surface area contributed by atoms with Crippen molar-refractivity contribution < 1.29 is 44.5 Å². The number of fused-ring (bicyclic) bond motifs is 1. The van der Waals surface area contributed by atoms with Gasteiger partial charge in [0.2, 0.25) is 6.29 Å². The molecule has 7 atom stereocenters. The fourth-order valence-electron chi connectivity index (χ4n) is 4.73. The highest BCUT2D eigenvalue weighted by Crippen LogP contribution is 2.55. The van der Waals surface area contributed by atoms with Crippen LogP contribution in [0, 0.1) is 6.92 Å². The molecule has 9 nitrogen and oxygen atoms in total. The van der Waals surface area contributed by atoms with E-state index in [0.29, 0.717) is 23.3 Å². The van der Waals surface area contributed by atoms with Crippen LogP contribution in [0.25, 0.3) is 0 Å². The van der Waals surface area contributed by atoms with Crippen LogP contribution >= 0.6 is 0 Å². The molecule has 32 heavy (non-hydrogen) atoms. The molecule has 2 aromatic rings. The molecule has 9 heteroatoms. The lowest BCUT2D eigenvalue weighted by atomic mass is 9.90. The van der Waals surface area contributed by atoms with Crippen molar-refractivity contribution in [3.63, 3.8) is 0 Å². The van der Waals surface area contributed by atoms with Crippen molar-refractivity contribution in [1.82, 2.24) is 0 Å². The van der Waals surface area contributed by atoms with E-state index in [4.69, 9.17) is 18.9 Å². The number of hydrogen-bond acceptors (Lipinski definition) is 9. The molecule has 3 heterocycles. The molecule has 5 N–H and O–H groups in total. The molecule has 2 aromatic carbocycles. The fraction of sp³-hybridized carbons (Fsp3) is 0.478. The molecule has 0 aromatic heterocycles. The molecule has 1 fully saturated rings. The van der Waals surface area contributed by atoms with E-state index in [2.05, 4.69) is 0 Å².